The molecule has 138 valence electrons. The summed E-state index contributed by atoms with van der Waals surface area (Å²) in [5.74, 6) is 0.411. The highest BCUT2D eigenvalue weighted by Crippen LogP contribution is 2.41. The zero-order valence-electron chi connectivity index (χ0n) is 15.4. The van der Waals surface area contributed by atoms with Crippen LogP contribution in [0.25, 0.3) is 0 Å². The van der Waals surface area contributed by atoms with Gasteiger partial charge in [0.15, 0.2) is 5.78 Å². The number of carbonyl (C=O) groups excluding carboxylic acids is 2. The van der Waals surface area contributed by atoms with Crippen LogP contribution in [0.5, 0.6) is 5.75 Å². The molecule has 1 aliphatic heterocycles. The van der Waals surface area contributed by atoms with E-state index >= 15 is 0 Å². The lowest BCUT2D eigenvalue weighted by molar-refractivity contribution is -0.127. The predicted octanol–water partition coefficient (Wildman–Crippen LogP) is 4.41. The van der Waals surface area contributed by atoms with Crippen molar-refractivity contribution >= 4 is 17.4 Å². The Balaban J connectivity index is 1.70. The Morgan fingerprint density at radius 2 is 1.78 bits per heavy atom. The van der Waals surface area contributed by atoms with E-state index in [1.807, 2.05) is 54.6 Å². The standard InChI is InChI=1S/C23H23NO3/c1-27-19-14-12-18(13-15-19)24-21(22(25)17-10-6-3-7-11-17)20(23(24)26)16-8-4-2-5-9-16/h3,6-8,10-15,20-21H,2,4-5,9H2,1H3/t20-,21-/m1/s1. The van der Waals surface area contributed by atoms with Gasteiger partial charge in [-0.05, 0) is 49.9 Å². The first-order valence-electron chi connectivity index (χ1n) is 9.46. The zero-order chi connectivity index (χ0) is 18.8. The Bertz CT molecular complexity index is 870. The third-order valence-electron chi connectivity index (χ3n) is 5.50. The number of hydrogen-bond donors (Lipinski definition) is 0. The number of allylic oxidation sites excluding steroid dienone is 1. The third kappa shape index (κ3) is 3.16. The second-order valence-electron chi connectivity index (χ2n) is 7.08. The fraction of sp³-hybridized carbons (Fsp3) is 0.304. The second-order valence-corrected chi connectivity index (χ2v) is 7.08. The maximum Gasteiger partial charge on any atom is 0.237 e. The van der Waals surface area contributed by atoms with E-state index < -0.39 is 6.04 Å². The minimum atomic E-state index is -0.474. The van der Waals surface area contributed by atoms with E-state index in [-0.39, 0.29) is 17.6 Å². The number of benzene rings is 2. The summed E-state index contributed by atoms with van der Waals surface area (Å²) in [6, 6.07) is 16.1. The van der Waals surface area contributed by atoms with Crippen LogP contribution in [0.2, 0.25) is 0 Å². The monoisotopic (exact) mass is 361 g/mol. The number of Topliss-reactive ketones (excluding diaryl/α,β-unsaturated/α-hetero) is 1. The Morgan fingerprint density at radius 3 is 2.41 bits per heavy atom. The summed E-state index contributed by atoms with van der Waals surface area (Å²) >= 11 is 0. The molecule has 0 bridgehead atoms. The molecule has 0 N–H and O–H groups in total. The van der Waals surface area contributed by atoms with Crippen molar-refractivity contribution in [2.45, 2.75) is 31.7 Å². The van der Waals surface area contributed by atoms with E-state index in [0.717, 1.165) is 42.7 Å². The van der Waals surface area contributed by atoms with Crippen LogP contribution < -0.4 is 9.64 Å². The first kappa shape index (κ1) is 17.5. The molecular weight excluding hydrogens is 338 g/mol. The van der Waals surface area contributed by atoms with Gasteiger partial charge in [-0.3, -0.25) is 14.5 Å². The molecule has 1 amide bonds. The van der Waals surface area contributed by atoms with Crippen molar-refractivity contribution < 1.29 is 14.3 Å². The Labute approximate surface area is 159 Å². The minimum Gasteiger partial charge on any atom is -0.497 e. The summed E-state index contributed by atoms with van der Waals surface area (Å²) in [6.45, 7) is 0. The maximum atomic E-state index is 13.3. The molecule has 0 saturated carbocycles. The quantitative estimate of drug-likeness (QED) is 0.450. The molecule has 4 rings (SSSR count). The molecule has 1 fully saturated rings. The second kappa shape index (κ2) is 7.39. The lowest BCUT2D eigenvalue weighted by Gasteiger charge is -2.47. The van der Waals surface area contributed by atoms with Gasteiger partial charge in [-0.2, -0.15) is 0 Å². The highest BCUT2D eigenvalue weighted by atomic mass is 16.5. The van der Waals surface area contributed by atoms with Gasteiger partial charge in [0.1, 0.15) is 11.8 Å². The van der Waals surface area contributed by atoms with Gasteiger partial charge in [-0.1, -0.05) is 42.0 Å². The van der Waals surface area contributed by atoms with E-state index in [4.69, 9.17) is 4.74 Å². The number of carbonyl (C=O) groups is 2. The number of β-lactam (4-membered cyclic amide) rings is 1. The van der Waals surface area contributed by atoms with Gasteiger partial charge in [-0.15, -0.1) is 0 Å². The molecule has 2 aromatic carbocycles. The summed E-state index contributed by atoms with van der Waals surface area (Å²) in [7, 11) is 1.61. The van der Waals surface area contributed by atoms with Crippen LogP contribution in [0.3, 0.4) is 0 Å². The van der Waals surface area contributed by atoms with Gasteiger partial charge in [-0.25, -0.2) is 0 Å². The number of ether oxygens (including phenoxy) is 1. The molecule has 2 aromatic rings. The fourth-order valence-corrected chi connectivity index (χ4v) is 4.07. The number of hydrogen-bond acceptors (Lipinski definition) is 3. The molecule has 1 aliphatic carbocycles. The summed E-state index contributed by atoms with van der Waals surface area (Å²) in [5.41, 5.74) is 2.52. The molecule has 1 heterocycles. The topological polar surface area (TPSA) is 46.6 Å². The number of amides is 1. The van der Waals surface area contributed by atoms with Gasteiger partial charge < -0.3 is 4.74 Å². The van der Waals surface area contributed by atoms with Crippen molar-refractivity contribution in [2.75, 3.05) is 12.0 Å². The molecule has 4 heteroatoms. The molecule has 0 aromatic heterocycles. The molecular formula is C23H23NO3. The molecule has 2 aliphatic rings. The molecule has 0 spiro atoms. The van der Waals surface area contributed by atoms with Crippen molar-refractivity contribution in [3.8, 4) is 5.75 Å². The van der Waals surface area contributed by atoms with Crippen LogP contribution in [-0.4, -0.2) is 24.8 Å². The van der Waals surface area contributed by atoms with Crippen molar-refractivity contribution in [3.63, 3.8) is 0 Å². The van der Waals surface area contributed by atoms with E-state index in [9.17, 15) is 9.59 Å². The third-order valence-corrected chi connectivity index (χ3v) is 5.50. The van der Waals surface area contributed by atoms with Gasteiger partial charge in [0.2, 0.25) is 5.91 Å². The first-order valence-corrected chi connectivity index (χ1v) is 9.46. The lowest BCUT2D eigenvalue weighted by Crippen LogP contribution is -2.65. The van der Waals surface area contributed by atoms with Crippen molar-refractivity contribution in [1.29, 1.82) is 0 Å². The summed E-state index contributed by atoms with van der Waals surface area (Å²) in [5, 5.41) is 0. The summed E-state index contributed by atoms with van der Waals surface area (Å²) in [4.78, 5) is 28.0. The lowest BCUT2D eigenvalue weighted by atomic mass is 9.74. The number of nitrogens with zero attached hydrogens (tertiary/aromatic N) is 1. The smallest absolute Gasteiger partial charge is 0.237 e. The number of rotatable bonds is 5. The van der Waals surface area contributed by atoms with Crippen molar-refractivity contribution in [1.82, 2.24) is 0 Å². The maximum absolute atomic E-state index is 13.3. The normalized spacial score (nSPS) is 22.0. The number of ketones is 1. The van der Waals surface area contributed by atoms with Crippen molar-refractivity contribution in [2.24, 2.45) is 5.92 Å². The van der Waals surface area contributed by atoms with Crippen LogP contribution >= 0.6 is 0 Å². The van der Waals surface area contributed by atoms with Crippen LogP contribution in [0.4, 0.5) is 5.69 Å². The van der Waals surface area contributed by atoms with Crippen LogP contribution in [0, 0.1) is 5.92 Å². The van der Waals surface area contributed by atoms with E-state index in [0.29, 0.717) is 5.56 Å². The van der Waals surface area contributed by atoms with E-state index in [2.05, 4.69) is 6.08 Å². The zero-order valence-corrected chi connectivity index (χ0v) is 15.4. The van der Waals surface area contributed by atoms with Gasteiger partial charge in [0, 0.05) is 11.3 Å². The largest absolute Gasteiger partial charge is 0.497 e. The highest BCUT2D eigenvalue weighted by Gasteiger charge is 2.53. The minimum absolute atomic E-state index is 0.00231. The van der Waals surface area contributed by atoms with Gasteiger partial charge in [0.05, 0.1) is 13.0 Å². The number of methoxy groups -OCH3 is 1. The van der Waals surface area contributed by atoms with E-state index in [1.54, 1.807) is 12.0 Å². The average Bonchev–Trinajstić information content (AvgIpc) is 2.73. The van der Waals surface area contributed by atoms with Gasteiger partial charge >= 0.3 is 0 Å². The summed E-state index contributed by atoms with van der Waals surface area (Å²) in [6.07, 6.45) is 6.32. The molecule has 4 nitrogen and oxygen atoms in total. The average molecular weight is 361 g/mol. The molecule has 1 saturated heterocycles. The first-order chi connectivity index (χ1) is 13.2. The summed E-state index contributed by atoms with van der Waals surface area (Å²) < 4.78 is 5.21. The Hall–Kier alpha value is -2.88. The van der Waals surface area contributed by atoms with Crippen LogP contribution in [0.1, 0.15) is 36.0 Å². The molecule has 0 unspecified atom stereocenters. The fourth-order valence-electron chi connectivity index (χ4n) is 4.07. The Kier molecular flexibility index (Phi) is 4.80. The molecule has 0 radical (unpaired) electrons. The highest BCUT2D eigenvalue weighted by molar-refractivity contribution is 6.18. The SMILES string of the molecule is COc1ccc(N2C(=O)[C@H](C3=CCCCC3)[C@@H]2C(=O)c2ccccc2)cc1. The Morgan fingerprint density at radius 1 is 1.04 bits per heavy atom. The molecule has 2 atom stereocenters. The number of anilines is 1. The van der Waals surface area contributed by atoms with Crippen LogP contribution in [-0.2, 0) is 4.79 Å². The van der Waals surface area contributed by atoms with Gasteiger partial charge in [0.25, 0.3) is 0 Å². The van der Waals surface area contributed by atoms with Crippen molar-refractivity contribution in [3.05, 3.63) is 71.8 Å². The molecule has 27 heavy (non-hydrogen) atoms. The predicted molar refractivity (Wildman–Crippen MR) is 105 cm³/mol. The van der Waals surface area contributed by atoms with Crippen LogP contribution in [0.15, 0.2) is 66.2 Å². The van der Waals surface area contributed by atoms with E-state index in [1.165, 1.54) is 0 Å².